The van der Waals surface area contributed by atoms with Gasteiger partial charge in [0.15, 0.2) is 5.84 Å². The van der Waals surface area contributed by atoms with E-state index < -0.39 is 5.41 Å². The molecule has 5 nitrogen and oxygen atoms in total. The van der Waals surface area contributed by atoms with Gasteiger partial charge in [0.25, 0.3) is 0 Å². The normalized spacial score (nSPS) is 19.4. The topological polar surface area (TPSA) is 87.7 Å². The third-order valence-corrected chi connectivity index (χ3v) is 4.20. The fraction of sp³-hybridized carbons (Fsp3) is 0.500. The molecule has 1 aliphatic carbocycles. The van der Waals surface area contributed by atoms with Gasteiger partial charge in [-0.25, -0.2) is 0 Å². The molecule has 1 saturated carbocycles. The number of amidine groups is 1. The minimum absolute atomic E-state index is 0.0231. The number of oxime groups is 1. The largest absolute Gasteiger partial charge is 0.409 e. The molecule has 0 unspecified atom stereocenters. The van der Waals surface area contributed by atoms with Crippen molar-refractivity contribution in [3.8, 4) is 0 Å². The molecule has 0 saturated heterocycles. The Bertz CT molecular complexity index is 436. The number of hydrogen-bond acceptors (Lipinski definition) is 4. The van der Waals surface area contributed by atoms with Gasteiger partial charge in [0.2, 0.25) is 5.91 Å². The minimum atomic E-state index is -0.852. The minimum Gasteiger partial charge on any atom is -0.409 e. The number of rotatable bonds is 3. The van der Waals surface area contributed by atoms with Gasteiger partial charge in [0.1, 0.15) is 5.41 Å². The van der Waals surface area contributed by atoms with Crippen molar-refractivity contribution in [2.24, 2.45) is 16.3 Å². The average Bonchev–Trinajstić information content (AvgIpc) is 2.91. The molecule has 1 fully saturated rings. The molecule has 1 aromatic rings. The Morgan fingerprint density at radius 2 is 2.17 bits per heavy atom. The molecular formula is C12H17N3O2S. The highest BCUT2D eigenvalue weighted by Gasteiger charge is 2.43. The Morgan fingerprint density at radius 3 is 2.72 bits per heavy atom. The summed E-state index contributed by atoms with van der Waals surface area (Å²) >= 11 is 1.52. The first-order chi connectivity index (χ1) is 8.69. The number of nitrogens with zero attached hydrogens (tertiary/aromatic N) is 1. The fourth-order valence-corrected chi connectivity index (χ4v) is 3.02. The van der Waals surface area contributed by atoms with E-state index in [9.17, 15) is 4.79 Å². The zero-order valence-corrected chi connectivity index (χ0v) is 10.9. The van der Waals surface area contributed by atoms with E-state index in [4.69, 9.17) is 10.9 Å². The molecule has 4 N–H and O–H groups in total. The van der Waals surface area contributed by atoms with Gasteiger partial charge < -0.3 is 16.3 Å². The van der Waals surface area contributed by atoms with Gasteiger partial charge in [-0.2, -0.15) is 11.3 Å². The zero-order chi connectivity index (χ0) is 13.0. The van der Waals surface area contributed by atoms with E-state index in [1.165, 1.54) is 11.3 Å². The van der Waals surface area contributed by atoms with E-state index >= 15 is 0 Å². The van der Waals surface area contributed by atoms with Crippen LogP contribution in [0.2, 0.25) is 0 Å². The van der Waals surface area contributed by atoms with Gasteiger partial charge in [0, 0.05) is 5.38 Å². The fourth-order valence-electron chi connectivity index (χ4n) is 2.44. The van der Waals surface area contributed by atoms with Crippen molar-refractivity contribution >= 4 is 28.8 Å². The maximum absolute atomic E-state index is 12.4. The molecule has 1 aliphatic rings. The lowest BCUT2D eigenvalue weighted by Crippen LogP contribution is -2.48. The van der Waals surface area contributed by atoms with Crippen LogP contribution in [-0.4, -0.2) is 17.0 Å². The van der Waals surface area contributed by atoms with E-state index in [2.05, 4.69) is 10.5 Å². The summed E-state index contributed by atoms with van der Waals surface area (Å²) in [7, 11) is 0. The van der Waals surface area contributed by atoms with Gasteiger partial charge in [0.05, 0.1) is 5.69 Å². The van der Waals surface area contributed by atoms with Gasteiger partial charge in [-0.3, -0.25) is 4.79 Å². The van der Waals surface area contributed by atoms with Crippen molar-refractivity contribution < 1.29 is 10.0 Å². The maximum atomic E-state index is 12.4. The molecule has 0 radical (unpaired) electrons. The van der Waals surface area contributed by atoms with Crippen LogP contribution in [0.15, 0.2) is 22.0 Å². The molecule has 0 aliphatic heterocycles. The van der Waals surface area contributed by atoms with Crippen LogP contribution in [0.25, 0.3) is 0 Å². The summed E-state index contributed by atoms with van der Waals surface area (Å²) in [6.07, 6.45) is 4.21. The standard InChI is InChI=1S/C12H17N3O2S/c13-10(15-17)12(5-2-1-3-6-12)11(16)14-9-4-7-18-8-9/h4,7-8,17H,1-3,5-6H2,(H2,13,15)(H,14,16). The second kappa shape index (κ2) is 5.39. The molecule has 1 amide bonds. The summed E-state index contributed by atoms with van der Waals surface area (Å²) in [5, 5.41) is 18.6. The number of carbonyl (C=O) groups excluding carboxylic acids is 1. The second-order valence-electron chi connectivity index (χ2n) is 4.59. The van der Waals surface area contributed by atoms with Gasteiger partial charge in [-0.05, 0) is 24.3 Å². The second-order valence-corrected chi connectivity index (χ2v) is 5.37. The van der Waals surface area contributed by atoms with Crippen LogP contribution in [0.1, 0.15) is 32.1 Å². The van der Waals surface area contributed by atoms with E-state index in [1.54, 1.807) is 0 Å². The summed E-state index contributed by atoms with van der Waals surface area (Å²) in [4.78, 5) is 12.4. The number of amides is 1. The number of nitrogens with two attached hydrogens (primary N) is 1. The number of hydrogen-bond donors (Lipinski definition) is 3. The highest BCUT2D eigenvalue weighted by molar-refractivity contribution is 7.08. The predicted octanol–water partition coefficient (Wildman–Crippen LogP) is 2.38. The lowest BCUT2D eigenvalue weighted by Gasteiger charge is -2.34. The summed E-state index contributed by atoms with van der Waals surface area (Å²) in [6.45, 7) is 0. The van der Waals surface area contributed by atoms with Crippen LogP contribution < -0.4 is 11.1 Å². The molecule has 6 heteroatoms. The molecule has 18 heavy (non-hydrogen) atoms. The molecule has 1 heterocycles. The number of thiophene rings is 1. The van der Waals surface area contributed by atoms with E-state index in [0.717, 1.165) is 24.9 Å². The quantitative estimate of drug-likeness (QED) is 0.340. The van der Waals surface area contributed by atoms with E-state index in [-0.39, 0.29) is 11.7 Å². The Hall–Kier alpha value is -1.56. The van der Waals surface area contributed by atoms with Crippen molar-refractivity contribution in [1.29, 1.82) is 0 Å². The molecule has 1 aromatic heterocycles. The van der Waals surface area contributed by atoms with Crippen LogP contribution in [-0.2, 0) is 4.79 Å². The predicted molar refractivity (Wildman–Crippen MR) is 71.9 cm³/mol. The molecule has 0 aromatic carbocycles. The third-order valence-electron chi connectivity index (χ3n) is 3.52. The van der Waals surface area contributed by atoms with Crippen LogP contribution in [0.5, 0.6) is 0 Å². The van der Waals surface area contributed by atoms with Gasteiger partial charge >= 0.3 is 0 Å². The summed E-state index contributed by atoms with van der Waals surface area (Å²) < 4.78 is 0. The van der Waals surface area contributed by atoms with Crippen LogP contribution in [0.3, 0.4) is 0 Å². The molecule has 0 spiro atoms. The molecule has 98 valence electrons. The van der Waals surface area contributed by atoms with Crippen LogP contribution in [0, 0.1) is 5.41 Å². The first-order valence-electron chi connectivity index (χ1n) is 6.01. The van der Waals surface area contributed by atoms with E-state index in [0.29, 0.717) is 12.8 Å². The van der Waals surface area contributed by atoms with Crippen molar-refractivity contribution in [1.82, 2.24) is 0 Å². The molecule has 0 bridgehead atoms. The molecule has 2 rings (SSSR count). The van der Waals surface area contributed by atoms with Crippen molar-refractivity contribution in [3.05, 3.63) is 16.8 Å². The first kappa shape index (κ1) is 12.9. The van der Waals surface area contributed by atoms with Crippen LogP contribution >= 0.6 is 11.3 Å². The number of carbonyl (C=O) groups is 1. The smallest absolute Gasteiger partial charge is 0.238 e. The first-order valence-corrected chi connectivity index (χ1v) is 6.95. The highest BCUT2D eigenvalue weighted by atomic mass is 32.1. The van der Waals surface area contributed by atoms with Gasteiger partial charge in [-0.15, -0.1) is 0 Å². The van der Waals surface area contributed by atoms with Crippen molar-refractivity contribution in [2.45, 2.75) is 32.1 Å². The molecule has 0 atom stereocenters. The summed E-state index contributed by atoms with van der Waals surface area (Å²) in [5.41, 5.74) is 5.67. The van der Waals surface area contributed by atoms with Crippen LogP contribution in [0.4, 0.5) is 5.69 Å². The summed E-state index contributed by atoms with van der Waals surface area (Å²) in [6, 6.07) is 1.84. The monoisotopic (exact) mass is 267 g/mol. The third kappa shape index (κ3) is 2.33. The Kier molecular flexibility index (Phi) is 3.86. The zero-order valence-electron chi connectivity index (χ0n) is 10.1. The lowest BCUT2D eigenvalue weighted by atomic mass is 9.72. The van der Waals surface area contributed by atoms with Crippen molar-refractivity contribution in [2.75, 3.05) is 5.32 Å². The summed E-state index contributed by atoms with van der Waals surface area (Å²) in [5.74, 6) is -0.147. The van der Waals surface area contributed by atoms with Crippen molar-refractivity contribution in [3.63, 3.8) is 0 Å². The van der Waals surface area contributed by atoms with E-state index in [1.807, 2.05) is 16.8 Å². The Balaban J connectivity index is 2.21. The Morgan fingerprint density at radius 1 is 1.44 bits per heavy atom. The Labute approximate surface area is 110 Å². The maximum Gasteiger partial charge on any atom is 0.238 e. The SMILES string of the molecule is NC(=NO)C1(C(=O)Nc2ccsc2)CCCCC1. The molecular weight excluding hydrogens is 250 g/mol. The highest BCUT2D eigenvalue weighted by Crippen LogP contribution is 2.37. The van der Waals surface area contributed by atoms with Gasteiger partial charge in [-0.1, -0.05) is 24.4 Å². The number of anilines is 1. The lowest BCUT2D eigenvalue weighted by molar-refractivity contribution is -0.123. The number of nitrogens with one attached hydrogen (secondary N) is 1. The average molecular weight is 267 g/mol.